The molecule has 0 spiro atoms. The second kappa shape index (κ2) is 6.08. The molecule has 0 aliphatic heterocycles. The third-order valence-electron chi connectivity index (χ3n) is 4.54. The first kappa shape index (κ1) is 15.8. The minimum Gasteiger partial charge on any atom is -0.319 e. The number of aromatic nitrogens is 3. The number of hydrogen-bond acceptors (Lipinski definition) is 2. The molecule has 0 saturated heterocycles. The van der Waals surface area contributed by atoms with Gasteiger partial charge >= 0.3 is 0 Å². The van der Waals surface area contributed by atoms with Gasteiger partial charge < -0.3 is 4.57 Å². The van der Waals surface area contributed by atoms with E-state index >= 15 is 0 Å². The van der Waals surface area contributed by atoms with Crippen LogP contribution in [-0.4, -0.2) is 14.5 Å². The Morgan fingerprint density at radius 2 is 1.69 bits per heavy atom. The van der Waals surface area contributed by atoms with Gasteiger partial charge in [-0.25, -0.2) is 9.97 Å². The molecule has 5 aromatic rings. The van der Waals surface area contributed by atoms with Crippen LogP contribution >= 0.6 is 27.5 Å². The lowest BCUT2D eigenvalue weighted by Crippen LogP contribution is -2.01. The number of hydrogen-bond donors (Lipinski definition) is 0. The van der Waals surface area contributed by atoms with Crippen molar-refractivity contribution in [3.63, 3.8) is 0 Å². The molecule has 3 aromatic carbocycles. The number of rotatable bonds is 2. The van der Waals surface area contributed by atoms with Crippen molar-refractivity contribution in [1.29, 1.82) is 0 Å². The van der Waals surface area contributed by atoms with Crippen molar-refractivity contribution in [2.24, 2.45) is 0 Å². The van der Waals surface area contributed by atoms with Crippen LogP contribution in [0.1, 0.15) is 5.56 Å². The lowest BCUT2D eigenvalue weighted by molar-refractivity contribution is 0.857. The molecule has 0 radical (unpaired) electrons. The first-order valence-electron chi connectivity index (χ1n) is 8.28. The summed E-state index contributed by atoms with van der Waals surface area (Å²) in [5, 5.41) is 1.83. The van der Waals surface area contributed by atoms with E-state index in [1.165, 1.54) is 0 Å². The van der Waals surface area contributed by atoms with Crippen LogP contribution in [0.2, 0.25) is 5.02 Å². The molecule has 3 nitrogen and oxygen atoms in total. The Hall–Kier alpha value is -2.43. The highest BCUT2D eigenvalue weighted by Crippen LogP contribution is 2.31. The highest BCUT2D eigenvalue weighted by molar-refractivity contribution is 9.10. The molecule has 126 valence electrons. The zero-order valence-corrected chi connectivity index (χ0v) is 16.0. The summed E-state index contributed by atoms with van der Waals surface area (Å²) in [6, 6.07) is 22.2. The summed E-state index contributed by atoms with van der Waals surface area (Å²) >= 11 is 9.76. The maximum absolute atomic E-state index is 6.18. The molecule has 5 heteroatoms. The van der Waals surface area contributed by atoms with Gasteiger partial charge in [0, 0.05) is 21.4 Å². The highest BCUT2D eigenvalue weighted by atomic mass is 79.9. The van der Waals surface area contributed by atoms with Crippen LogP contribution < -0.4 is 0 Å². The fourth-order valence-corrected chi connectivity index (χ4v) is 3.96. The van der Waals surface area contributed by atoms with E-state index in [1.54, 1.807) is 0 Å². The third kappa shape index (κ3) is 2.57. The first-order valence-corrected chi connectivity index (χ1v) is 9.45. The predicted molar refractivity (Wildman–Crippen MR) is 111 cm³/mol. The van der Waals surface area contributed by atoms with Crippen molar-refractivity contribution in [2.75, 3.05) is 0 Å². The second-order valence-electron chi connectivity index (χ2n) is 6.26. The van der Waals surface area contributed by atoms with Gasteiger partial charge in [-0.1, -0.05) is 51.8 Å². The van der Waals surface area contributed by atoms with Crippen molar-refractivity contribution in [3.8, 4) is 0 Å². The molecule has 0 aliphatic carbocycles. The molecule has 0 bridgehead atoms. The Morgan fingerprint density at radius 1 is 0.885 bits per heavy atom. The Labute approximate surface area is 163 Å². The molecule has 2 aromatic heterocycles. The zero-order valence-electron chi connectivity index (χ0n) is 13.7. The molecule has 26 heavy (non-hydrogen) atoms. The highest BCUT2D eigenvalue weighted by Gasteiger charge is 2.15. The molecule has 0 N–H and O–H groups in total. The van der Waals surface area contributed by atoms with Gasteiger partial charge in [-0.05, 0) is 48.0 Å². The van der Waals surface area contributed by atoms with Crippen molar-refractivity contribution in [2.45, 2.75) is 6.54 Å². The van der Waals surface area contributed by atoms with E-state index in [9.17, 15) is 0 Å². The van der Waals surface area contributed by atoms with Crippen LogP contribution in [0.15, 0.2) is 71.2 Å². The van der Waals surface area contributed by atoms with Crippen molar-refractivity contribution in [3.05, 3.63) is 81.8 Å². The largest absolute Gasteiger partial charge is 0.319 e. The topological polar surface area (TPSA) is 30.7 Å². The van der Waals surface area contributed by atoms with E-state index in [0.717, 1.165) is 48.2 Å². The normalized spacial score (nSPS) is 11.6. The van der Waals surface area contributed by atoms with Gasteiger partial charge in [-0.15, -0.1) is 0 Å². The molecule has 0 aliphatic rings. The summed E-state index contributed by atoms with van der Waals surface area (Å²) in [5.41, 5.74) is 5.85. The molecule has 0 atom stereocenters. The van der Waals surface area contributed by atoms with Crippen LogP contribution in [0.4, 0.5) is 0 Å². The van der Waals surface area contributed by atoms with E-state index < -0.39 is 0 Å². The third-order valence-corrected chi connectivity index (χ3v) is 5.27. The predicted octanol–water partition coefficient (Wildman–Crippen LogP) is 6.20. The van der Waals surface area contributed by atoms with E-state index in [-0.39, 0.29) is 0 Å². The fraction of sp³-hybridized carbons (Fsp3) is 0.0476. The van der Waals surface area contributed by atoms with Crippen LogP contribution in [0.5, 0.6) is 0 Å². The maximum atomic E-state index is 6.18. The second-order valence-corrected chi connectivity index (χ2v) is 7.61. The van der Waals surface area contributed by atoms with Crippen LogP contribution in [0.3, 0.4) is 0 Å². The number of halogens is 2. The molecule has 2 heterocycles. The van der Waals surface area contributed by atoms with Crippen molar-refractivity contribution in [1.82, 2.24) is 14.5 Å². The van der Waals surface area contributed by atoms with Gasteiger partial charge in [-0.2, -0.15) is 0 Å². The number of para-hydroxylation sites is 2. The summed E-state index contributed by atoms with van der Waals surface area (Å²) in [5.74, 6) is 0. The maximum Gasteiger partial charge on any atom is 0.160 e. The summed E-state index contributed by atoms with van der Waals surface area (Å²) in [6.45, 7) is 0.690. The Kier molecular flexibility index (Phi) is 3.69. The lowest BCUT2D eigenvalue weighted by Gasteiger charge is -2.08. The van der Waals surface area contributed by atoms with Crippen LogP contribution in [0.25, 0.3) is 33.1 Å². The lowest BCUT2D eigenvalue weighted by atomic mass is 10.2. The van der Waals surface area contributed by atoms with Crippen molar-refractivity contribution < 1.29 is 0 Å². The minimum absolute atomic E-state index is 0.690. The Morgan fingerprint density at radius 3 is 2.50 bits per heavy atom. The zero-order chi connectivity index (χ0) is 17.7. The van der Waals surface area contributed by atoms with Gasteiger partial charge in [0.15, 0.2) is 5.65 Å². The Bertz CT molecular complexity index is 1290. The number of fused-ring (bicyclic) bond motifs is 4. The number of benzene rings is 3. The van der Waals surface area contributed by atoms with Crippen molar-refractivity contribution >= 4 is 60.6 Å². The summed E-state index contributed by atoms with van der Waals surface area (Å²) in [4.78, 5) is 9.81. The van der Waals surface area contributed by atoms with Gasteiger partial charge in [0.25, 0.3) is 0 Å². The van der Waals surface area contributed by atoms with E-state index in [0.29, 0.717) is 6.54 Å². The minimum atomic E-state index is 0.690. The van der Waals surface area contributed by atoms with Crippen LogP contribution in [0, 0.1) is 0 Å². The number of nitrogens with zero attached hydrogens (tertiary/aromatic N) is 3. The summed E-state index contributed by atoms with van der Waals surface area (Å²) < 4.78 is 3.24. The van der Waals surface area contributed by atoms with Crippen LogP contribution in [-0.2, 0) is 6.54 Å². The van der Waals surface area contributed by atoms with Gasteiger partial charge in [0.1, 0.15) is 5.52 Å². The van der Waals surface area contributed by atoms with Gasteiger partial charge in [0.2, 0.25) is 0 Å². The molecule has 0 fully saturated rings. The molecular weight excluding hydrogens is 410 g/mol. The summed E-state index contributed by atoms with van der Waals surface area (Å²) in [7, 11) is 0. The summed E-state index contributed by atoms with van der Waals surface area (Å²) in [6.07, 6.45) is 0. The molecule has 5 rings (SSSR count). The molecule has 0 unspecified atom stereocenters. The van der Waals surface area contributed by atoms with E-state index in [2.05, 4.69) is 44.8 Å². The average Bonchev–Trinajstić information content (AvgIpc) is 2.92. The standard InChI is InChI=1S/C21H13BrClN3/c22-14-8-9-19-16(11-14)20-21(25-18-7-2-1-6-17(18)24-20)26(19)12-13-4-3-5-15(23)10-13/h1-11H,12H2. The molecule has 0 amide bonds. The van der Waals surface area contributed by atoms with E-state index in [1.807, 2.05) is 42.5 Å². The monoisotopic (exact) mass is 421 g/mol. The Balaban J connectivity index is 1.85. The quantitative estimate of drug-likeness (QED) is 0.339. The van der Waals surface area contributed by atoms with Gasteiger partial charge in [-0.3, -0.25) is 0 Å². The first-order chi connectivity index (χ1) is 12.7. The van der Waals surface area contributed by atoms with E-state index in [4.69, 9.17) is 21.6 Å². The smallest absolute Gasteiger partial charge is 0.160 e. The fourth-order valence-electron chi connectivity index (χ4n) is 3.38. The molecule has 0 saturated carbocycles. The van der Waals surface area contributed by atoms with Gasteiger partial charge in [0.05, 0.1) is 16.6 Å². The molecular formula is C21H13BrClN3. The average molecular weight is 423 g/mol. The SMILES string of the molecule is Clc1cccc(Cn2c3ccc(Br)cc3c3nc4ccccc4nc32)c1.